The number of carbonyl (C=O) groups is 2. The highest BCUT2D eigenvalue weighted by molar-refractivity contribution is 5.96. The smallest absolute Gasteiger partial charge is 0.141 e. The van der Waals surface area contributed by atoms with Crippen LogP contribution in [0, 0.1) is 5.92 Å². The van der Waals surface area contributed by atoms with Crippen LogP contribution in [-0.2, 0) is 9.59 Å². The topological polar surface area (TPSA) is 57.2 Å². The molecule has 0 spiro atoms. The quantitative estimate of drug-likeness (QED) is 0.462. The maximum absolute atomic E-state index is 10.6. The molecule has 1 fully saturated rings. The van der Waals surface area contributed by atoms with Crippen molar-refractivity contribution in [2.75, 3.05) is 0 Å². The van der Waals surface area contributed by atoms with Gasteiger partial charge < -0.3 is 9.90 Å². The first-order valence-corrected chi connectivity index (χ1v) is 2.92. The van der Waals surface area contributed by atoms with Gasteiger partial charge in [-0.15, -0.1) is 0 Å². The molecule has 0 amide bonds. The predicted octanol–water partition coefficient (Wildman–Crippen LogP) is -0.895. The summed E-state index contributed by atoms with van der Waals surface area (Å²) >= 11 is 0. The van der Waals surface area contributed by atoms with Crippen molar-refractivity contribution in [1.29, 1.82) is 0 Å². The van der Waals surface area contributed by atoms with E-state index in [9.17, 15) is 14.7 Å². The Labute approximate surface area is 52.7 Å². The molecular formula is C6H7O3-. The lowest BCUT2D eigenvalue weighted by atomic mass is 10.2. The molecule has 0 aliphatic heterocycles. The van der Waals surface area contributed by atoms with E-state index in [4.69, 9.17) is 0 Å². The number of aliphatic carboxylic acids is 1. The second kappa shape index (κ2) is 2.17. The monoisotopic (exact) mass is 127 g/mol. The van der Waals surface area contributed by atoms with Crippen LogP contribution in [0.5, 0.6) is 0 Å². The van der Waals surface area contributed by atoms with Crippen molar-refractivity contribution in [2.45, 2.75) is 19.3 Å². The Morgan fingerprint density at radius 3 is 2.33 bits per heavy atom. The van der Waals surface area contributed by atoms with E-state index < -0.39 is 12.4 Å². The first-order chi connectivity index (χ1) is 4.20. The molecule has 0 radical (unpaired) electrons. The number of rotatable bonds is 3. The van der Waals surface area contributed by atoms with Crippen molar-refractivity contribution in [3.8, 4) is 0 Å². The Kier molecular flexibility index (Phi) is 1.51. The zero-order chi connectivity index (χ0) is 6.85. The average Bonchev–Trinajstić information content (AvgIpc) is 2.40. The van der Waals surface area contributed by atoms with Gasteiger partial charge in [0.15, 0.2) is 0 Å². The molecule has 0 atom stereocenters. The molecule has 1 aliphatic rings. The summed E-state index contributed by atoms with van der Waals surface area (Å²) in [6.07, 6.45) is 1.34. The van der Waals surface area contributed by atoms with Crippen LogP contribution < -0.4 is 5.11 Å². The fourth-order valence-corrected chi connectivity index (χ4v) is 0.692. The number of carboxylic acid groups (broad SMARTS) is 1. The van der Waals surface area contributed by atoms with E-state index in [1.165, 1.54) is 0 Å². The highest BCUT2D eigenvalue weighted by Gasteiger charge is 2.28. The van der Waals surface area contributed by atoms with Crippen LogP contribution in [0.1, 0.15) is 19.3 Å². The second-order valence-electron chi connectivity index (χ2n) is 2.29. The lowest BCUT2D eigenvalue weighted by Crippen LogP contribution is -2.25. The van der Waals surface area contributed by atoms with Gasteiger partial charge in [-0.2, -0.15) is 0 Å². The molecule has 0 aromatic rings. The van der Waals surface area contributed by atoms with Crippen LogP contribution in [-0.4, -0.2) is 11.8 Å². The third kappa shape index (κ3) is 1.83. The van der Waals surface area contributed by atoms with Crippen molar-refractivity contribution in [1.82, 2.24) is 0 Å². The number of carbonyl (C=O) groups excluding carboxylic acids is 2. The average molecular weight is 127 g/mol. The third-order valence-electron chi connectivity index (χ3n) is 1.35. The van der Waals surface area contributed by atoms with E-state index in [1.54, 1.807) is 0 Å². The van der Waals surface area contributed by atoms with Gasteiger partial charge in [-0.25, -0.2) is 0 Å². The molecule has 3 heteroatoms. The number of Topliss-reactive ketones (excluding diaryl/α,β-unsaturated/α-hetero) is 1. The maximum Gasteiger partial charge on any atom is 0.141 e. The zero-order valence-electron chi connectivity index (χ0n) is 4.92. The van der Waals surface area contributed by atoms with Crippen LogP contribution in [0.15, 0.2) is 0 Å². The Balaban J connectivity index is 2.26. The van der Waals surface area contributed by atoms with Crippen LogP contribution in [0.25, 0.3) is 0 Å². The van der Waals surface area contributed by atoms with Gasteiger partial charge >= 0.3 is 0 Å². The SMILES string of the molecule is O=C([O-])CC(=O)C1CC1. The van der Waals surface area contributed by atoms with Gasteiger partial charge in [0, 0.05) is 18.3 Å². The molecule has 0 aromatic heterocycles. The predicted molar refractivity (Wildman–Crippen MR) is 27.4 cm³/mol. The van der Waals surface area contributed by atoms with E-state index in [0.29, 0.717) is 0 Å². The molecule has 0 unspecified atom stereocenters. The fourth-order valence-electron chi connectivity index (χ4n) is 0.692. The van der Waals surface area contributed by atoms with Gasteiger partial charge in [-0.3, -0.25) is 4.79 Å². The summed E-state index contributed by atoms with van der Waals surface area (Å²) in [6.45, 7) is 0. The minimum Gasteiger partial charge on any atom is -0.550 e. The van der Waals surface area contributed by atoms with Crippen LogP contribution in [0.3, 0.4) is 0 Å². The van der Waals surface area contributed by atoms with Crippen molar-refractivity contribution in [2.24, 2.45) is 5.92 Å². The summed E-state index contributed by atoms with van der Waals surface area (Å²) in [6, 6.07) is 0. The second-order valence-corrected chi connectivity index (χ2v) is 2.29. The molecule has 0 heterocycles. The Morgan fingerprint density at radius 2 is 2.00 bits per heavy atom. The van der Waals surface area contributed by atoms with Gasteiger partial charge in [-0.05, 0) is 12.8 Å². The highest BCUT2D eigenvalue weighted by Crippen LogP contribution is 2.30. The molecule has 0 saturated heterocycles. The lowest BCUT2D eigenvalue weighted by molar-refractivity contribution is -0.304. The molecule has 1 saturated carbocycles. The molecule has 50 valence electrons. The van der Waals surface area contributed by atoms with Gasteiger partial charge in [0.05, 0.1) is 0 Å². The van der Waals surface area contributed by atoms with Crippen molar-refractivity contribution in [3.63, 3.8) is 0 Å². The van der Waals surface area contributed by atoms with Gasteiger partial charge in [-0.1, -0.05) is 0 Å². The summed E-state index contributed by atoms with van der Waals surface area (Å²) in [5.74, 6) is -1.38. The van der Waals surface area contributed by atoms with Crippen LogP contribution in [0.2, 0.25) is 0 Å². The van der Waals surface area contributed by atoms with E-state index >= 15 is 0 Å². The molecule has 1 rings (SSSR count). The van der Waals surface area contributed by atoms with Gasteiger partial charge in [0.2, 0.25) is 0 Å². The molecule has 0 aromatic carbocycles. The standard InChI is InChI=1S/C6H8O3/c7-5(3-6(8)9)4-1-2-4/h4H,1-3H2,(H,8,9)/p-1. The molecule has 9 heavy (non-hydrogen) atoms. The first kappa shape index (κ1) is 6.26. The normalized spacial score (nSPS) is 17.3. The van der Waals surface area contributed by atoms with Crippen molar-refractivity contribution in [3.05, 3.63) is 0 Å². The van der Waals surface area contributed by atoms with E-state index in [0.717, 1.165) is 12.8 Å². The highest BCUT2D eigenvalue weighted by atomic mass is 16.4. The number of hydrogen-bond donors (Lipinski definition) is 0. The molecule has 3 nitrogen and oxygen atoms in total. The minimum atomic E-state index is -1.26. The lowest BCUT2D eigenvalue weighted by Gasteiger charge is -1.96. The van der Waals surface area contributed by atoms with E-state index in [-0.39, 0.29) is 11.7 Å². The van der Waals surface area contributed by atoms with E-state index in [1.807, 2.05) is 0 Å². The number of hydrogen-bond acceptors (Lipinski definition) is 3. The zero-order valence-corrected chi connectivity index (χ0v) is 4.92. The van der Waals surface area contributed by atoms with E-state index in [2.05, 4.69) is 0 Å². The summed E-state index contributed by atoms with van der Waals surface area (Å²) in [5.41, 5.74) is 0. The Bertz CT molecular complexity index is 146. The van der Waals surface area contributed by atoms with Crippen LogP contribution >= 0.6 is 0 Å². The molecule has 0 bridgehead atoms. The summed E-state index contributed by atoms with van der Waals surface area (Å²) in [5, 5.41) is 9.81. The summed E-state index contributed by atoms with van der Waals surface area (Å²) in [4.78, 5) is 20.4. The van der Waals surface area contributed by atoms with Crippen molar-refractivity contribution >= 4 is 11.8 Å². The Hall–Kier alpha value is -0.860. The molecule has 0 N–H and O–H groups in total. The van der Waals surface area contributed by atoms with Gasteiger partial charge in [0.1, 0.15) is 5.78 Å². The minimum absolute atomic E-state index is 0.0444. The Morgan fingerprint density at radius 1 is 1.44 bits per heavy atom. The third-order valence-corrected chi connectivity index (χ3v) is 1.35. The van der Waals surface area contributed by atoms with Crippen molar-refractivity contribution < 1.29 is 14.7 Å². The largest absolute Gasteiger partial charge is 0.550 e. The summed E-state index contributed by atoms with van der Waals surface area (Å²) < 4.78 is 0. The molecular weight excluding hydrogens is 120 g/mol. The number of ketones is 1. The fraction of sp³-hybridized carbons (Fsp3) is 0.667. The van der Waals surface area contributed by atoms with Crippen LogP contribution in [0.4, 0.5) is 0 Å². The first-order valence-electron chi connectivity index (χ1n) is 2.92. The number of carboxylic acids is 1. The van der Waals surface area contributed by atoms with Gasteiger partial charge in [0.25, 0.3) is 0 Å². The molecule has 1 aliphatic carbocycles. The maximum atomic E-state index is 10.6. The summed E-state index contributed by atoms with van der Waals surface area (Å²) in [7, 11) is 0.